The number of benzene rings is 2. The van der Waals surface area contributed by atoms with Crippen molar-refractivity contribution in [3.05, 3.63) is 78.1 Å². The van der Waals surface area contributed by atoms with Crippen LogP contribution in [0.25, 0.3) is 10.8 Å². The molecule has 0 saturated carbocycles. The van der Waals surface area contributed by atoms with Gasteiger partial charge in [-0.15, -0.1) is 0 Å². The quantitative estimate of drug-likeness (QED) is 0.638. The molecular weight excluding hydrogens is 206 g/mol. The summed E-state index contributed by atoms with van der Waals surface area (Å²) < 4.78 is 0. The van der Waals surface area contributed by atoms with Gasteiger partial charge in [0.25, 0.3) is 0 Å². The topological polar surface area (TPSA) is 12.9 Å². The maximum atomic E-state index is 4.35. The van der Waals surface area contributed by atoms with Gasteiger partial charge < -0.3 is 0 Å². The molecule has 1 heteroatoms. The molecule has 0 bridgehead atoms. The van der Waals surface area contributed by atoms with Crippen molar-refractivity contribution in [1.82, 2.24) is 4.98 Å². The summed E-state index contributed by atoms with van der Waals surface area (Å²) in [6.07, 6.45) is 2.74. The first-order valence-electron chi connectivity index (χ1n) is 5.79. The molecule has 0 atom stereocenters. The molecule has 17 heavy (non-hydrogen) atoms. The molecule has 0 aliphatic carbocycles. The Morgan fingerprint density at radius 2 is 1.59 bits per heavy atom. The van der Waals surface area contributed by atoms with E-state index in [0.717, 1.165) is 12.1 Å². The van der Waals surface area contributed by atoms with Gasteiger partial charge in [0.1, 0.15) is 0 Å². The summed E-state index contributed by atoms with van der Waals surface area (Å²) in [6, 6.07) is 21.1. The Kier molecular flexibility index (Phi) is 2.59. The molecule has 1 heterocycles. The number of hydrogen-bond acceptors (Lipinski definition) is 1. The number of nitrogens with zero attached hydrogens (tertiary/aromatic N) is 1. The Balaban J connectivity index is 1.96. The van der Waals surface area contributed by atoms with Crippen LogP contribution in [-0.2, 0) is 6.42 Å². The lowest BCUT2D eigenvalue weighted by molar-refractivity contribution is 1.08. The Bertz CT molecular complexity index is 629. The summed E-state index contributed by atoms with van der Waals surface area (Å²) in [4.78, 5) is 4.35. The van der Waals surface area contributed by atoms with Gasteiger partial charge in [0.05, 0.1) is 0 Å². The zero-order chi connectivity index (χ0) is 11.5. The molecule has 1 aromatic heterocycles. The van der Waals surface area contributed by atoms with Crippen molar-refractivity contribution in [2.45, 2.75) is 6.42 Å². The second-order valence-corrected chi connectivity index (χ2v) is 4.18. The van der Waals surface area contributed by atoms with Crippen molar-refractivity contribution in [3.63, 3.8) is 0 Å². The maximum absolute atomic E-state index is 4.35. The van der Waals surface area contributed by atoms with Gasteiger partial charge in [0, 0.05) is 18.3 Å². The second kappa shape index (κ2) is 4.38. The number of hydrogen-bond donors (Lipinski definition) is 0. The number of rotatable bonds is 2. The standard InChI is InChI=1S/C16H13N/c1-2-6-15-11-13(8-9-14(15)5-1)12-16-7-3-4-10-17-16/h1-11H,12H2. The van der Waals surface area contributed by atoms with Crippen LogP contribution in [-0.4, -0.2) is 4.98 Å². The highest BCUT2D eigenvalue weighted by Gasteiger charge is 1.98. The van der Waals surface area contributed by atoms with Gasteiger partial charge >= 0.3 is 0 Å². The number of fused-ring (bicyclic) bond motifs is 1. The van der Waals surface area contributed by atoms with Gasteiger partial charge in [-0.3, -0.25) is 4.98 Å². The van der Waals surface area contributed by atoms with Crippen molar-refractivity contribution in [2.75, 3.05) is 0 Å². The van der Waals surface area contributed by atoms with Crippen LogP contribution in [0.3, 0.4) is 0 Å². The molecule has 0 amide bonds. The van der Waals surface area contributed by atoms with Crippen LogP contribution in [0.5, 0.6) is 0 Å². The first-order chi connectivity index (χ1) is 8.42. The Morgan fingerprint density at radius 3 is 2.41 bits per heavy atom. The molecule has 0 aliphatic rings. The molecule has 3 rings (SSSR count). The molecule has 0 unspecified atom stereocenters. The zero-order valence-corrected chi connectivity index (χ0v) is 9.51. The molecule has 2 aromatic carbocycles. The Labute approximate surface area is 101 Å². The fraction of sp³-hybridized carbons (Fsp3) is 0.0625. The van der Waals surface area contributed by atoms with E-state index in [2.05, 4.69) is 53.5 Å². The van der Waals surface area contributed by atoms with Crippen molar-refractivity contribution >= 4 is 10.8 Å². The summed E-state index contributed by atoms with van der Waals surface area (Å²) in [5.74, 6) is 0. The lowest BCUT2D eigenvalue weighted by Gasteiger charge is -2.03. The normalized spacial score (nSPS) is 10.6. The first kappa shape index (κ1) is 10.0. The summed E-state index contributed by atoms with van der Waals surface area (Å²) in [5, 5.41) is 2.58. The molecule has 3 aromatic rings. The monoisotopic (exact) mass is 219 g/mol. The summed E-state index contributed by atoms with van der Waals surface area (Å²) in [6.45, 7) is 0. The van der Waals surface area contributed by atoms with Gasteiger partial charge in [0.2, 0.25) is 0 Å². The van der Waals surface area contributed by atoms with E-state index in [9.17, 15) is 0 Å². The second-order valence-electron chi connectivity index (χ2n) is 4.18. The smallest absolute Gasteiger partial charge is 0.0447 e. The van der Waals surface area contributed by atoms with E-state index in [0.29, 0.717) is 0 Å². The van der Waals surface area contributed by atoms with Gasteiger partial charge in [0.15, 0.2) is 0 Å². The summed E-state index contributed by atoms with van der Waals surface area (Å²) >= 11 is 0. The fourth-order valence-corrected chi connectivity index (χ4v) is 2.06. The number of aromatic nitrogens is 1. The molecule has 82 valence electrons. The van der Waals surface area contributed by atoms with Gasteiger partial charge in [-0.2, -0.15) is 0 Å². The van der Waals surface area contributed by atoms with Gasteiger partial charge in [-0.05, 0) is 28.5 Å². The highest BCUT2D eigenvalue weighted by molar-refractivity contribution is 5.83. The van der Waals surface area contributed by atoms with Crippen LogP contribution in [0.1, 0.15) is 11.3 Å². The summed E-state index contributed by atoms with van der Waals surface area (Å²) in [7, 11) is 0. The van der Waals surface area contributed by atoms with Crippen molar-refractivity contribution in [3.8, 4) is 0 Å². The molecular formula is C16H13N. The average Bonchev–Trinajstić information content (AvgIpc) is 2.40. The van der Waals surface area contributed by atoms with Crippen molar-refractivity contribution in [1.29, 1.82) is 0 Å². The highest BCUT2D eigenvalue weighted by atomic mass is 14.7. The molecule has 0 N–H and O–H groups in total. The van der Waals surface area contributed by atoms with E-state index in [-0.39, 0.29) is 0 Å². The minimum Gasteiger partial charge on any atom is -0.261 e. The first-order valence-corrected chi connectivity index (χ1v) is 5.79. The third kappa shape index (κ3) is 2.18. The lowest BCUT2D eigenvalue weighted by atomic mass is 10.0. The van der Waals surface area contributed by atoms with E-state index in [1.165, 1.54) is 16.3 Å². The minimum absolute atomic E-state index is 0.895. The molecule has 0 aliphatic heterocycles. The van der Waals surface area contributed by atoms with Gasteiger partial charge in [-0.25, -0.2) is 0 Å². The van der Waals surface area contributed by atoms with Gasteiger partial charge in [-0.1, -0.05) is 48.5 Å². The van der Waals surface area contributed by atoms with Crippen LogP contribution < -0.4 is 0 Å². The van der Waals surface area contributed by atoms with Crippen LogP contribution in [0, 0.1) is 0 Å². The SMILES string of the molecule is c1ccc(Cc2ccc3ccccc3c2)nc1. The predicted molar refractivity (Wildman–Crippen MR) is 71.0 cm³/mol. The van der Waals surface area contributed by atoms with E-state index < -0.39 is 0 Å². The van der Waals surface area contributed by atoms with E-state index in [1.807, 2.05) is 18.3 Å². The Morgan fingerprint density at radius 1 is 0.765 bits per heavy atom. The highest BCUT2D eigenvalue weighted by Crippen LogP contribution is 2.17. The van der Waals surface area contributed by atoms with Crippen LogP contribution in [0.15, 0.2) is 66.9 Å². The molecule has 0 radical (unpaired) electrons. The van der Waals surface area contributed by atoms with E-state index >= 15 is 0 Å². The fourth-order valence-electron chi connectivity index (χ4n) is 2.06. The van der Waals surface area contributed by atoms with Crippen LogP contribution in [0.2, 0.25) is 0 Å². The van der Waals surface area contributed by atoms with Crippen molar-refractivity contribution in [2.24, 2.45) is 0 Å². The molecule has 1 nitrogen and oxygen atoms in total. The third-order valence-electron chi connectivity index (χ3n) is 2.93. The average molecular weight is 219 g/mol. The molecule has 0 fully saturated rings. The van der Waals surface area contributed by atoms with Crippen LogP contribution >= 0.6 is 0 Å². The Hall–Kier alpha value is -2.15. The van der Waals surface area contributed by atoms with E-state index in [1.54, 1.807) is 0 Å². The zero-order valence-electron chi connectivity index (χ0n) is 9.51. The third-order valence-corrected chi connectivity index (χ3v) is 2.93. The van der Waals surface area contributed by atoms with Crippen molar-refractivity contribution < 1.29 is 0 Å². The van der Waals surface area contributed by atoms with Crippen LogP contribution in [0.4, 0.5) is 0 Å². The van der Waals surface area contributed by atoms with E-state index in [4.69, 9.17) is 0 Å². The largest absolute Gasteiger partial charge is 0.261 e. The molecule has 0 saturated heterocycles. The minimum atomic E-state index is 0.895. The maximum Gasteiger partial charge on any atom is 0.0447 e. The number of pyridine rings is 1. The predicted octanol–water partition coefficient (Wildman–Crippen LogP) is 3.83. The molecule has 0 spiro atoms. The summed E-state index contributed by atoms with van der Waals surface area (Å²) in [5.41, 5.74) is 2.42. The lowest BCUT2D eigenvalue weighted by Crippen LogP contribution is -1.90.